The van der Waals surface area contributed by atoms with Crippen molar-refractivity contribution in [2.45, 2.75) is 32.1 Å². The van der Waals surface area contributed by atoms with Crippen molar-refractivity contribution < 1.29 is 22.7 Å². The van der Waals surface area contributed by atoms with Crippen LogP contribution in [0.25, 0.3) is 0 Å². The standard InChI is InChI=1S/C21H28N2O5S/c1-4-5-6-7-21(25)28-15-20(24)22-18-8-10-19(11-9-18)29(26,27)23-13-16(2)12-17(3)14-23/h4-11,16-17H,12-15H2,1-3H3,(H,22,24)/b5-4+,7-6+. The Kier molecular flexibility index (Phi) is 8.16. The van der Waals surface area contributed by atoms with Crippen LogP contribution in [0.1, 0.15) is 27.2 Å². The molecule has 1 amide bonds. The lowest BCUT2D eigenvalue weighted by molar-refractivity contribution is -0.142. The van der Waals surface area contributed by atoms with Crippen LogP contribution in [-0.4, -0.2) is 44.3 Å². The highest BCUT2D eigenvalue weighted by Crippen LogP contribution is 2.27. The number of carbonyl (C=O) groups is 2. The zero-order valence-corrected chi connectivity index (χ0v) is 17.8. The molecule has 0 radical (unpaired) electrons. The van der Waals surface area contributed by atoms with E-state index in [2.05, 4.69) is 19.2 Å². The number of carbonyl (C=O) groups excluding carboxylic acids is 2. The number of benzene rings is 1. The van der Waals surface area contributed by atoms with Crippen LogP contribution in [-0.2, 0) is 24.3 Å². The van der Waals surface area contributed by atoms with E-state index in [1.54, 1.807) is 12.2 Å². The highest BCUT2D eigenvalue weighted by atomic mass is 32.2. The summed E-state index contributed by atoms with van der Waals surface area (Å²) in [5.74, 6) is -0.484. The molecule has 2 unspecified atom stereocenters. The van der Waals surface area contributed by atoms with E-state index in [4.69, 9.17) is 4.74 Å². The number of amides is 1. The highest BCUT2D eigenvalue weighted by molar-refractivity contribution is 7.89. The molecule has 1 saturated heterocycles. The molecule has 29 heavy (non-hydrogen) atoms. The van der Waals surface area contributed by atoms with Crippen molar-refractivity contribution in [3.05, 3.63) is 48.6 Å². The molecule has 1 N–H and O–H groups in total. The van der Waals surface area contributed by atoms with Crippen LogP contribution in [0.3, 0.4) is 0 Å². The number of hydrogen-bond donors (Lipinski definition) is 1. The van der Waals surface area contributed by atoms with Crippen LogP contribution in [0.5, 0.6) is 0 Å². The molecule has 0 aromatic heterocycles. The second-order valence-corrected chi connectivity index (χ2v) is 9.27. The van der Waals surface area contributed by atoms with Gasteiger partial charge in [-0.3, -0.25) is 4.79 Å². The van der Waals surface area contributed by atoms with Crippen LogP contribution in [0.2, 0.25) is 0 Å². The van der Waals surface area contributed by atoms with E-state index < -0.39 is 28.5 Å². The Morgan fingerprint density at radius 2 is 1.76 bits per heavy atom. The van der Waals surface area contributed by atoms with Gasteiger partial charge in [0.05, 0.1) is 4.90 Å². The molecule has 1 aromatic rings. The molecule has 1 aliphatic rings. The number of piperidine rings is 1. The molecule has 8 heteroatoms. The fourth-order valence-corrected chi connectivity index (χ4v) is 4.97. The first kappa shape index (κ1) is 22.8. The van der Waals surface area contributed by atoms with Gasteiger partial charge in [0, 0.05) is 24.9 Å². The van der Waals surface area contributed by atoms with Crippen molar-refractivity contribution in [3.8, 4) is 0 Å². The van der Waals surface area contributed by atoms with Crippen LogP contribution >= 0.6 is 0 Å². The van der Waals surface area contributed by atoms with Gasteiger partial charge in [0.1, 0.15) is 0 Å². The maximum absolute atomic E-state index is 12.9. The van der Waals surface area contributed by atoms with Gasteiger partial charge in [0.25, 0.3) is 5.91 Å². The second-order valence-electron chi connectivity index (χ2n) is 7.33. The number of esters is 1. The summed E-state index contributed by atoms with van der Waals surface area (Å²) in [4.78, 5) is 23.5. The number of nitrogens with one attached hydrogen (secondary N) is 1. The average molecular weight is 421 g/mol. The van der Waals surface area contributed by atoms with Crippen LogP contribution < -0.4 is 5.32 Å². The average Bonchev–Trinajstić information content (AvgIpc) is 2.66. The van der Waals surface area contributed by atoms with Gasteiger partial charge in [-0.05, 0) is 49.4 Å². The van der Waals surface area contributed by atoms with Gasteiger partial charge in [-0.25, -0.2) is 13.2 Å². The van der Waals surface area contributed by atoms with E-state index in [1.165, 1.54) is 40.7 Å². The van der Waals surface area contributed by atoms with E-state index in [-0.39, 0.29) is 4.90 Å². The van der Waals surface area contributed by atoms with E-state index in [0.717, 1.165) is 6.42 Å². The zero-order valence-electron chi connectivity index (χ0n) is 17.0. The first-order chi connectivity index (χ1) is 13.7. The quantitative estimate of drug-likeness (QED) is 0.416. The summed E-state index contributed by atoms with van der Waals surface area (Å²) in [5.41, 5.74) is 0.426. The van der Waals surface area contributed by atoms with Crippen molar-refractivity contribution in [2.24, 2.45) is 11.8 Å². The molecule has 2 rings (SSSR count). The molecule has 1 aliphatic heterocycles. The van der Waals surface area contributed by atoms with E-state index in [0.29, 0.717) is 30.6 Å². The normalized spacial score (nSPS) is 20.8. The van der Waals surface area contributed by atoms with Crippen LogP contribution in [0, 0.1) is 11.8 Å². The first-order valence-corrected chi connectivity index (χ1v) is 11.0. The summed E-state index contributed by atoms with van der Waals surface area (Å²) >= 11 is 0. The van der Waals surface area contributed by atoms with E-state index >= 15 is 0 Å². The van der Waals surface area contributed by atoms with Gasteiger partial charge in [0.2, 0.25) is 10.0 Å². The first-order valence-electron chi connectivity index (χ1n) is 9.58. The molecule has 7 nitrogen and oxygen atoms in total. The monoisotopic (exact) mass is 420 g/mol. The largest absolute Gasteiger partial charge is 0.452 e. The molecule has 158 valence electrons. The van der Waals surface area contributed by atoms with Crippen molar-refractivity contribution in [2.75, 3.05) is 25.0 Å². The minimum Gasteiger partial charge on any atom is -0.452 e. The lowest BCUT2D eigenvalue weighted by Crippen LogP contribution is -2.42. The molecule has 1 heterocycles. The van der Waals surface area contributed by atoms with Crippen molar-refractivity contribution in [1.82, 2.24) is 4.31 Å². The maximum atomic E-state index is 12.9. The summed E-state index contributed by atoms with van der Waals surface area (Å²) < 4.78 is 32.1. The molecule has 0 aliphatic carbocycles. The van der Waals surface area contributed by atoms with Crippen LogP contribution in [0.4, 0.5) is 5.69 Å². The highest BCUT2D eigenvalue weighted by Gasteiger charge is 2.31. The Morgan fingerprint density at radius 1 is 1.14 bits per heavy atom. The molecule has 0 spiro atoms. The zero-order chi connectivity index (χ0) is 21.4. The molecule has 1 aromatic carbocycles. The minimum atomic E-state index is -3.57. The number of anilines is 1. The molecule has 0 saturated carbocycles. The van der Waals surface area contributed by atoms with Gasteiger partial charge in [-0.1, -0.05) is 32.1 Å². The topological polar surface area (TPSA) is 92.8 Å². The maximum Gasteiger partial charge on any atom is 0.331 e. The Hall–Kier alpha value is -2.45. The summed E-state index contributed by atoms with van der Waals surface area (Å²) in [5, 5.41) is 2.57. The summed E-state index contributed by atoms with van der Waals surface area (Å²) in [6.45, 7) is 6.52. The Bertz CT molecular complexity index is 865. The smallest absolute Gasteiger partial charge is 0.331 e. The summed E-state index contributed by atoms with van der Waals surface area (Å²) in [6.07, 6.45) is 7.18. The Balaban J connectivity index is 1.94. The second kappa shape index (κ2) is 10.4. The van der Waals surface area contributed by atoms with Gasteiger partial charge in [-0.15, -0.1) is 0 Å². The molecule has 2 atom stereocenters. The molecular formula is C21H28N2O5S. The van der Waals surface area contributed by atoms with E-state index in [1.807, 2.05) is 6.92 Å². The van der Waals surface area contributed by atoms with Gasteiger partial charge >= 0.3 is 5.97 Å². The lowest BCUT2D eigenvalue weighted by atomic mass is 9.94. The summed E-state index contributed by atoms with van der Waals surface area (Å²) in [7, 11) is -3.57. The third-order valence-electron chi connectivity index (χ3n) is 4.49. The summed E-state index contributed by atoms with van der Waals surface area (Å²) in [6, 6.07) is 5.99. The predicted molar refractivity (Wildman–Crippen MR) is 112 cm³/mol. The number of nitrogens with zero attached hydrogens (tertiary/aromatic N) is 1. The van der Waals surface area contributed by atoms with Gasteiger partial charge in [-0.2, -0.15) is 4.31 Å². The van der Waals surface area contributed by atoms with Crippen molar-refractivity contribution in [1.29, 1.82) is 0 Å². The van der Waals surface area contributed by atoms with Gasteiger partial charge in [0.15, 0.2) is 6.61 Å². The van der Waals surface area contributed by atoms with Crippen molar-refractivity contribution in [3.63, 3.8) is 0 Å². The van der Waals surface area contributed by atoms with E-state index in [9.17, 15) is 18.0 Å². The minimum absolute atomic E-state index is 0.192. The Morgan fingerprint density at radius 3 is 2.34 bits per heavy atom. The molecular weight excluding hydrogens is 392 g/mol. The lowest BCUT2D eigenvalue weighted by Gasteiger charge is -2.34. The fourth-order valence-electron chi connectivity index (χ4n) is 3.29. The third-order valence-corrected chi connectivity index (χ3v) is 6.34. The molecule has 0 bridgehead atoms. The third kappa shape index (κ3) is 6.83. The number of rotatable bonds is 7. The number of hydrogen-bond acceptors (Lipinski definition) is 5. The molecule has 1 fully saturated rings. The fraction of sp³-hybridized carbons (Fsp3) is 0.429. The SMILES string of the molecule is C/C=C/C=C/C(=O)OCC(=O)Nc1ccc(S(=O)(=O)N2CC(C)CC(C)C2)cc1. The Labute approximate surface area is 172 Å². The number of ether oxygens (including phenoxy) is 1. The van der Waals surface area contributed by atoms with Gasteiger partial charge < -0.3 is 10.1 Å². The predicted octanol–water partition coefficient (Wildman–Crippen LogP) is 2.97. The number of allylic oxidation sites excluding steroid dienone is 3. The number of sulfonamides is 1. The van der Waals surface area contributed by atoms with Crippen molar-refractivity contribution >= 4 is 27.6 Å². The van der Waals surface area contributed by atoms with Crippen LogP contribution in [0.15, 0.2) is 53.5 Å².